The zero-order chi connectivity index (χ0) is 13.8. The topological polar surface area (TPSA) is 63.6 Å². The highest BCUT2D eigenvalue weighted by Crippen LogP contribution is 2.26. The number of carboxylic acids is 1. The standard InChI is InChI=1S/C14H18O4/c1-4-18-13(17)14(3,12(15)16)9-11-8-6-5-7-10(11)2/h5-8H,4,9H2,1-3H3,(H,15,16). The van der Waals surface area contributed by atoms with Crippen molar-refractivity contribution in [3.8, 4) is 0 Å². The van der Waals surface area contributed by atoms with Crippen molar-refractivity contribution in [2.45, 2.75) is 27.2 Å². The van der Waals surface area contributed by atoms with Gasteiger partial charge in [-0.2, -0.15) is 0 Å². The van der Waals surface area contributed by atoms with Crippen LogP contribution in [0.3, 0.4) is 0 Å². The van der Waals surface area contributed by atoms with Gasteiger partial charge in [-0.3, -0.25) is 9.59 Å². The molecular formula is C14H18O4. The molecule has 1 atom stereocenters. The summed E-state index contributed by atoms with van der Waals surface area (Å²) in [5.41, 5.74) is 0.270. The maximum Gasteiger partial charge on any atom is 0.323 e. The van der Waals surface area contributed by atoms with Crippen molar-refractivity contribution in [2.24, 2.45) is 5.41 Å². The van der Waals surface area contributed by atoms with Crippen molar-refractivity contribution in [3.05, 3.63) is 35.4 Å². The molecule has 0 aliphatic rings. The Bertz CT molecular complexity index is 453. The van der Waals surface area contributed by atoms with Crippen molar-refractivity contribution in [2.75, 3.05) is 6.61 Å². The van der Waals surface area contributed by atoms with Crippen LogP contribution in [0.15, 0.2) is 24.3 Å². The van der Waals surface area contributed by atoms with Crippen LogP contribution in [0.5, 0.6) is 0 Å². The molecule has 0 saturated heterocycles. The van der Waals surface area contributed by atoms with Crippen LogP contribution in [0, 0.1) is 12.3 Å². The minimum absolute atomic E-state index is 0.133. The molecule has 1 aromatic carbocycles. The second-order valence-corrected chi connectivity index (χ2v) is 4.46. The van der Waals surface area contributed by atoms with E-state index >= 15 is 0 Å². The zero-order valence-electron chi connectivity index (χ0n) is 10.9. The lowest BCUT2D eigenvalue weighted by molar-refractivity contribution is -0.167. The highest BCUT2D eigenvalue weighted by Gasteiger charge is 2.43. The average molecular weight is 250 g/mol. The Balaban J connectivity index is 3.04. The molecule has 1 N–H and O–H groups in total. The number of carboxylic acid groups (broad SMARTS) is 1. The predicted octanol–water partition coefficient (Wildman–Crippen LogP) is 2.19. The summed E-state index contributed by atoms with van der Waals surface area (Å²) in [6.45, 7) is 5.13. The highest BCUT2D eigenvalue weighted by molar-refractivity contribution is 5.99. The first-order valence-electron chi connectivity index (χ1n) is 5.87. The summed E-state index contributed by atoms with van der Waals surface area (Å²) in [5, 5.41) is 9.28. The molecule has 0 aliphatic carbocycles. The predicted molar refractivity (Wildman–Crippen MR) is 67.3 cm³/mol. The van der Waals surface area contributed by atoms with Crippen LogP contribution in [-0.4, -0.2) is 23.7 Å². The monoisotopic (exact) mass is 250 g/mol. The van der Waals surface area contributed by atoms with E-state index in [0.717, 1.165) is 11.1 Å². The summed E-state index contributed by atoms with van der Waals surface area (Å²) in [7, 11) is 0. The van der Waals surface area contributed by atoms with Crippen molar-refractivity contribution in [1.82, 2.24) is 0 Å². The van der Waals surface area contributed by atoms with Gasteiger partial charge in [0.25, 0.3) is 0 Å². The lowest BCUT2D eigenvalue weighted by atomic mass is 9.82. The fourth-order valence-corrected chi connectivity index (χ4v) is 1.71. The van der Waals surface area contributed by atoms with Crippen LogP contribution in [-0.2, 0) is 20.7 Å². The summed E-state index contributed by atoms with van der Waals surface area (Å²) in [6.07, 6.45) is 0.133. The van der Waals surface area contributed by atoms with Gasteiger partial charge in [0.05, 0.1) is 6.61 Å². The molecule has 18 heavy (non-hydrogen) atoms. The quantitative estimate of drug-likeness (QED) is 0.642. The van der Waals surface area contributed by atoms with Gasteiger partial charge in [-0.25, -0.2) is 0 Å². The van der Waals surface area contributed by atoms with Crippen LogP contribution < -0.4 is 0 Å². The molecule has 98 valence electrons. The summed E-state index contributed by atoms with van der Waals surface area (Å²) < 4.78 is 4.86. The molecule has 0 aromatic heterocycles. The van der Waals surface area contributed by atoms with Gasteiger partial charge >= 0.3 is 11.9 Å². The SMILES string of the molecule is CCOC(=O)C(C)(Cc1ccccc1C)C(=O)O. The Labute approximate surface area is 107 Å². The first-order chi connectivity index (χ1) is 8.41. The smallest absolute Gasteiger partial charge is 0.323 e. The summed E-state index contributed by atoms with van der Waals surface area (Å²) in [5.74, 6) is -1.86. The normalized spacial score (nSPS) is 13.7. The fraction of sp³-hybridized carbons (Fsp3) is 0.429. The first-order valence-corrected chi connectivity index (χ1v) is 5.87. The molecule has 0 heterocycles. The number of ether oxygens (including phenoxy) is 1. The Kier molecular flexibility index (Phi) is 4.48. The second kappa shape index (κ2) is 5.67. The van der Waals surface area contributed by atoms with E-state index in [2.05, 4.69) is 0 Å². The van der Waals surface area contributed by atoms with Gasteiger partial charge < -0.3 is 9.84 Å². The Morgan fingerprint density at radius 2 is 1.94 bits per heavy atom. The maximum absolute atomic E-state index is 11.8. The Morgan fingerprint density at radius 1 is 1.33 bits per heavy atom. The van der Waals surface area contributed by atoms with Crippen LogP contribution in [0.25, 0.3) is 0 Å². The molecule has 4 heteroatoms. The van der Waals surface area contributed by atoms with E-state index in [4.69, 9.17) is 4.74 Å². The molecule has 0 aliphatic heterocycles. The fourth-order valence-electron chi connectivity index (χ4n) is 1.71. The van der Waals surface area contributed by atoms with E-state index in [1.807, 2.05) is 31.2 Å². The van der Waals surface area contributed by atoms with Crippen molar-refractivity contribution in [3.63, 3.8) is 0 Å². The molecule has 1 rings (SSSR count). The molecule has 0 fully saturated rings. The van der Waals surface area contributed by atoms with Gasteiger partial charge in [-0.15, -0.1) is 0 Å². The summed E-state index contributed by atoms with van der Waals surface area (Å²) >= 11 is 0. The van der Waals surface area contributed by atoms with Gasteiger partial charge in [-0.05, 0) is 38.3 Å². The van der Waals surface area contributed by atoms with Crippen LogP contribution >= 0.6 is 0 Å². The van der Waals surface area contributed by atoms with Gasteiger partial charge in [0.1, 0.15) is 0 Å². The number of hydrogen-bond donors (Lipinski definition) is 1. The third kappa shape index (κ3) is 2.88. The van der Waals surface area contributed by atoms with Crippen LogP contribution in [0.4, 0.5) is 0 Å². The highest BCUT2D eigenvalue weighted by atomic mass is 16.5. The second-order valence-electron chi connectivity index (χ2n) is 4.46. The first kappa shape index (κ1) is 14.2. The summed E-state index contributed by atoms with van der Waals surface area (Å²) in [6, 6.07) is 7.43. The molecule has 0 saturated carbocycles. The maximum atomic E-state index is 11.8. The number of hydrogen-bond acceptors (Lipinski definition) is 3. The van der Waals surface area contributed by atoms with Gasteiger partial charge in [0, 0.05) is 0 Å². The minimum atomic E-state index is -1.54. The molecule has 1 unspecified atom stereocenters. The van der Waals surface area contributed by atoms with Crippen LogP contribution in [0.1, 0.15) is 25.0 Å². The van der Waals surface area contributed by atoms with Gasteiger partial charge in [0.2, 0.25) is 0 Å². The largest absolute Gasteiger partial charge is 0.480 e. The molecular weight excluding hydrogens is 232 g/mol. The van der Waals surface area contributed by atoms with E-state index in [1.165, 1.54) is 6.92 Å². The number of benzene rings is 1. The van der Waals surface area contributed by atoms with E-state index in [0.29, 0.717) is 0 Å². The average Bonchev–Trinajstić information content (AvgIpc) is 2.32. The minimum Gasteiger partial charge on any atom is -0.480 e. The zero-order valence-corrected chi connectivity index (χ0v) is 10.9. The molecule has 0 amide bonds. The molecule has 1 aromatic rings. The molecule has 0 spiro atoms. The number of carbonyl (C=O) groups is 2. The third-order valence-corrected chi connectivity index (χ3v) is 3.00. The lowest BCUT2D eigenvalue weighted by Crippen LogP contribution is -2.40. The van der Waals surface area contributed by atoms with Crippen molar-refractivity contribution < 1.29 is 19.4 Å². The molecule has 0 bridgehead atoms. The lowest BCUT2D eigenvalue weighted by Gasteiger charge is -2.23. The van der Waals surface area contributed by atoms with Crippen molar-refractivity contribution in [1.29, 1.82) is 0 Å². The van der Waals surface area contributed by atoms with E-state index in [1.54, 1.807) is 6.92 Å². The number of aryl methyl sites for hydroxylation is 1. The number of aliphatic carboxylic acids is 1. The van der Waals surface area contributed by atoms with Gasteiger partial charge in [-0.1, -0.05) is 24.3 Å². The van der Waals surface area contributed by atoms with E-state index < -0.39 is 17.4 Å². The summed E-state index contributed by atoms with van der Waals surface area (Å²) in [4.78, 5) is 23.2. The van der Waals surface area contributed by atoms with E-state index in [9.17, 15) is 14.7 Å². The Hall–Kier alpha value is -1.84. The number of esters is 1. The molecule has 4 nitrogen and oxygen atoms in total. The third-order valence-electron chi connectivity index (χ3n) is 3.00. The van der Waals surface area contributed by atoms with Crippen LogP contribution in [0.2, 0.25) is 0 Å². The number of carbonyl (C=O) groups excluding carboxylic acids is 1. The van der Waals surface area contributed by atoms with Gasteiger partial charge in [0.15, 0.2) is 5.41 Å². The number of rotatable bonds is 5. The Morgan fingerprint density at radius 3 is 2.44 bits per heavy atom. The van der Waals surface area contributed by atoms with Crippen molar-refractivity contribution >= 4 is 11.9 Å². The molecule has 0 radical (unpaired) electrons. The van der Waals surface area contributed by atoms with E-state index in [-0.39, 0.29) is 13.0 Å².